The number of hydrogen-bond donors (Lipinski definition) is 2. The highest BCUT2D eigenvalue weighted by molar-refractivity contribution is 7.98. The van der Waals surface area contributed by atoms with Gasteiger partial charge in [0.05, 0.1) is 0 Å². The predicted octanol–water partition coefficient (Wildman–Crippen LogP) is 5.79. The van der Waals surface area contributed by atoms with Gasteiger partial charge in [-0.05, 0) is 89.7 Å². The Bertz CT molecular complexity index is 1100. The predicted molar refractivity (Wildman–Crippen MR) is 152 cm³/mol. The van der Waals surface area contributed by atoms with Crippen LogP contribution in [0.3, 0.4) is 0 Å². The Hall–Kier alpha value is -3.00. The lowest BCUT2D eigenvalue weighted by Crippen LogP contribution is -2.52. The van der Waals surface area contributed by atoms with E-state index in [0.29, 0.717) is 17.9 Å². The Morgan fingerprint density at radius 1 is 1.03 bits per heavy atom. The first-order valence-electron chi connectivity index (χ1n) is 12.6. The standard InChI is InChI=1S/C29H41N3O4S/c1-9-32(27(34)24(16-17-37-8)31-28(35)36-29(5,6)7)25(22-15-14-19(2)18-21(22)4)26(33)30-23-13-11-10-12-20(23)3/h10-15,18,24-25H,9,16-17H2,1-8H3,(H,30,33)(H,31,35). The van der Waals surface area contributed by atoms with Gasteiger partial charge in [-0.2, -0.15) is 11.8 Å². The Labute approximate surface area is 225 Å². The summed E-state index contributed by atoms with van der Waals surface area (Å²) >= 11 is 1.58. The molecule has 0 aliphatic rings. The number of amides is 3. The van der Waals surface area contributed by atoms with E-state index < -0.39 is 23.8 Å². The number of carbonyl (C=O) groups is 3. The Balaban J connectivity index is 2.49. The summed E-state index contributed by atoms with van der Waals surface area (Å²) in [7, 11) is 0. The van der Waals surface area contributed by atoms with Gasteiger partial charge >= 0.3 is 6.09 Å². The number of likely N-dealkylation sites (N-methyl/N-ethyl adjacent to an activating group) is 1. The zero-order chi connectivity index (χ0) is 27.8. The van der Waals surface area contributed by atoms with Gasteiger partial charge in [0.15, 0.2) is 0 Å². The maximum atomic E-state index is 14.0. The first kappa shape index (κ1) is 30.2. The van der Waals surface area contributed by atoms with Crippen molar-refractivity contribution in [1.82, 2.24) is 10.2 Å². The van der Waals surface area contributed by atoms with Crippen molar-refractivity contribution in [3.63, 3.8) is 0 Å². The number of benzene rings is 2. The Morgan fingerprint density at radius 2 is 1.70 bits per heavy atom. The number of anilines is 1. The molecule has 0 aliphatic heterocycles. The van der Waals surface area contributed by atoms with Crippen LogP contribution in [0, 0.1) is 20.8 Å². The monoisotopic (exact) mass is 527 g/mol. The molecule has 2 N–H and O–H groups in total. The molecule has 3 amide bonds. The van der Waals surface area contributed by atoms with Crippen molar-refractivity contribution in [2.45, 2.75) is 72.6 Å². The number of ether oxygens (including phenoxy) is 1. The maximum absolute atomic E-state index is 14.0. The first-order chi connectivity index (χ1) is 17.4. The zero-order valence-corrected chi connectivity index (χ0v) is 24.1. The quantitative estimate of drug-likeness (QED) is 0.409. The number of aryl methyl sites for hydroxylation is 3. The molecule has 2 unspecified atom stereocenters. The molecule has 7 nitrogen and oxygen atoms in total. The fourth-order valence-corrected chi connectivity index (χ4v) is 4.58. The van der Waals surface area contributed by atoms with Gasteiger partial charge in [0.2, 0.25) is 5.91 Å². The summed E-state index contributed by atoms with van der Waals surface area (Å²) in [6, 6.07) is 11.7. The van der Waals surface area contributed by atoms with E-state index in [4.69, 9.17) is 4.74 Å². The summed E-state index contributed by atoms with van der Waals surface area (Å²) in [5, 5.41) is 5.78. The van der Waals surface area contributed by atoms with Crippen molar-refractivity contribution in [2.75, 3.05) is 23.9 Å². The molecule has 0 bridgehead atoms. The van der Waals surface area contributed by atoms with Gasteiger partial charge in [0.1, 0.15) is 17.7 Å². The van der Waals surface area contributed by atoms with Crippen LogP contribution in [-0.2, 0) is 14.3 Å². The number of nitrogens with one attached hydrogen (secondary N) is 2. The van der Waals surface area contributed by atoms with Crippen LogP contribution in [0.4, 0.5) is 10.5 Å². The molecule has 202 valence electrons. The molecular formula is C29H41N3O4S. The second-order valence-electron chi connectivity index (χ2n) is 10.2. The largest absolute Gasteiger partial charge is 0.444 e. The SMILES string of the molecule is CCN(C(=O)C(CCSC)NC(=O)OC(C)(C)C)C(C(=O)Nc1ccccc1C)c1ccc(C)cc1C. The molecule has 0 spiro atoms. The van der Waals surface area contributed by atoms with Gasteiger partial charge in [0.25, 0.3) is 5.91 Å². The Morgan fingerprint density at radius 3 is 2.27 bits per heavy atom. The van der Waals surface area contributed by atoms with Gasteiger partial charge in [-0.25, -0.2) is 4.79 Å². The van der Waals surface area contributed by atoms with Crippen LogP contribution < -0.4 is 10.6 Å². The molecule has 0 radical (unpaired) electrons. The summed E-state index contributed by atoms with van der Waals surface area (Å²) in [6.07, 6.45) is 1.70. The van der Waals surface area contributed by atoms with Crippen molar-refractivity contribution in [2.24, 2.45) is 0 Å². The van der Waals surface area contributed by atoms with Crippen LogP contribution in [-0.4, -0.2) is 53.0 Å². The van der Waals surface area contributed by atoms with E-state index in [2.05, 4.69) is 10.6 Å². The normalized spacial score (nSPS) is 12.9. The highest BCUT2D eigenvalue weighted by Crippen LogP contribution is 2.28. The number of thioether (sulfide) groups is 1. The number of nitrogens with zero attached hydrogens (tertiary/aromatic N) is 1. The zero-order valence-electron chi connectivity index (χ0n) is 23.3. The van der Waals surface area contributed by atoms with Gasteiger partial charge in [-0.3, -0.25) is 9.59 Å². The van der Waals surface area contributed by atoms with Crippen LogP contribution in [0.1, 0.15) is 62.4 Å². The maximum Gasteiger partial charge on any atom is 0.408 e. The minimum Gasteiger partial charge on any atom is -0.444 e. The van der Waals surface area contributed by atoms with E-state index in [1.165, 1.54) is 0 Å². The molecule has 0 aliphatic carbocycles. The highest BCUT2D eigenvalue weighted by atomic mass is 32.2. The minimum absolute atomic E-state index is 0.282. The average molecular weight is 528 g/mol. The lowest BCUT2D eigenvalue weighted by atomic mass is 9.96. The molecule has 0 fully saturated rings. The molecule has 0 saturated heterocycles. The van der Waals surface area contributed by atoms with E-state index in [1.807, 2.05) is 76.4 Å². The third-order valence-electron chi connectivity index (χ3n) is 5.91. The van der Waals surface area contributed by atoms with Crippen LogP contribution >= 0.6 is 11.8 Å². The fourth-order valence-electron chi connectivity index (χ4n) is 4.11. The molecule has 0 heterocycles. The number of carbonyl (C=O) groups excluding carboxylic acids is 3. The van der Waals surface area contributed by atoms with Crippen LogP contribution in [0.5, 0.6) is 0 Å². The lowest BCUT2D eigenvalue weighted by Gasteiger charge is -2.34. The molecule has 2 rings (SSSR count). The fraction of sp³-hybridized carbons (Fsp3) is 0.483. The van der Waals surface area contributed by atoms with E-state index >= 15 is 0 Å². The van der Waals surface area contributed by atoms with Crippen molar-refractivity contribution in [3.05, 3.63) is 64.7 Å². The van der Waals surface area contributed by atoms with Crippen LogP contribution in [0.15, 0.2) is 42.5 Å². The molecule has 8 heteroatoms. The second-order valence-corrected chi connectivity index (χ2v) is 11.2. The first-order valence-corrected chi connectivity index (χ1v) is 14.0. The summed E-state index contributed by atoms with van der Waals surface area (Å²) in [6.45, 7) is 13.3. The molecule has 37 heavy (non-hydrogen) atoms. The molecular weight excluding hydrogens is 486 g/mol. The summed E-state index contributed by atoms with van der Waals surface area (Å²) in [4.78, 5) is 41.9. The molecule has 2 aromatic carbocycles. The second kappa shape index (κ2) is 13.5. The van der Waals surface area contributed by atoms with Crippen molar-refractivity contribution in [1.29, 1.82) is 0 Å². The van der Waals surface area contributed by atoms with Crippen molar-refractivity contribution >= 4 is 35.4 Å². The van der Waals surface area contributed by atoms with Crippen molar-refractivity contribution < 1.29 is 19.1 Å². The van der Waals surface area contributed by atoms with Gasteiger partial charge in [-0.1, -0.05) is 42.0 Å². The van der Waals surface area contributed by atoms with Crippen LogP contribution in [0.25, 0.3) is 0 Å². The highest BCUT2D eigenvalue weighted by Gasteiger charge is 2.36. The lowest BCUT2D eigenvalue weighted by molar-refractivity contribution is -0.140. The molecule has 2 aromatic rings. The van der Waals surface area contributed by atoms with Gasteiger partial charge in [0, 0.05) is 12.2 Å². The van der Waals surface area contributed by atoms with E-state index in [-0.39, 0.29) is 18.4 Å². The van der Waals surface area contributed by atoms with Crippen molar-refractivity contribution in [3.8, 4) is 0 Å². The van der Waals surface area contributed by atoms with E-state index in [9.17, 15) is 14.4 Å². The number of rotatable bonds is 10. The average Bonchev–Trinajstić information content (AvgIpc) is 2.80. The molecule has 0 aromatic heterocycles. The number of alkyl carbamates (subject to hydrolysis) is 1. The third-order valence-corrected chi connectivity index (χ3v) is 6.55. The van der Waals surface area contributed by atoms with Crippen LogP contribution in [0.2, 0.25) is 0 Å². The Kier molecular flexibility index (Phi) is 11.0. The minimum atomic E-state index is -0.880. The van der Waals surface area contributed by atoms with E-state index in [1.54, 1.807) is 37.4 Å². The van der Waals surface area contributed by atoms with E-state index in [0.717, 1.165) is 22.3 Å². The van der Waals surface area contributed by atoms with Gasteiger partial charge in [-0.15, -0.1) is 0 Å². The summed E-state index contributed by atoms with van der Waals surface area (Å²) < 4.78 is 5.42. The molecule has 0 saturated carbocycles. The smallest absolute Gasteiger partial charge is 0.408 e. The number of hydrogen-bond acceptors (Lipinski definition) is 5. The topological polar surface area (TPSA) is 87.7 Å². The number of para-hydroxylation sites is 1. The summed E-state index contributed by atoms with van der Waals surface area (Å²) in [5.74, 6) is 0.0255. The third kappa shape index (κ3) is 8.81. The summed E-state index contributed by atoms with van der Waals surface area (Å²) in [5.41, 5.74) is 3.64. The van der Waals surface area contributed by atoms with Gasteiger partial charge < -0.3 is 20.3 Å². The molecule has 2 atom stereocenters.